The monoisotopic (exact) mass is 287 g/mol. The maximum Gasteiger partial charge on any atom is 0.323 e. The van der Waals surface area contributed by atoms with Crippen LogP contribution in [0, 0.1) is 5.92 Å². The third-order valence-electron chi connectivity index (χ3n) is 2.48. The lowest BCUT2D eigenvalue weighted by atomic mass is 10.2. The lowest BCUT2D eigenvalue weighted by molar-refractivity contribution is -0.137. The van der Waals surface area contributed by atoms with Crippen molar-refractivity contribution in [2.24, 2.45) is 5.92 Å². The molecule has 0 fully saturated rings. The largest absolute Gasteiger partial charge is 0.480 e. The number of nitrogens with zero attached hydrogens (tertiary/aromatic N) is 1. The van der Waals surface area contributed by atoms with Crippen molar-refractivity contribution < 1.29 is 19.5 Å². The van der Waals surface area contributed by atoms with Gasteiger partial charge in [0.1, 0.15) is 12.6 Å². The van der Waals surface area contributed by atoms with Crippen LogP contribution in [-0.4, -0.2) is 53.6 Å². The van der Waals surface area contributed by atoms with E-state index in [0.29, 0.717) is 13.1 Å². The maximum absolute atomic E-state index is 12.0. The number of rotatable bonds is 8. The first-order valence-corrected chi connectivity index (χ1v) is 6.82. The number of urea groups is 1. The molecule has 0 saturated carbocycles. The molecule has 0 heterocycles. The Balaban J connectivity index is 4.50. The second kappa shape index (κ2) is 9.17. The van der Waals surface area contributed by atoms with Gasteiger partial charge in [0.2, 0.25) is 5.91 Å². The van der Waals surface area contributed by atoms with Gasteiger partial charge in [-0.1, -0.05) is 20.8 Å². The van der Waals surface area contributed by atoms with E-state index >= 15 is 0 Å². The van der Waals surface area contributed by atoms with E-state index < -0.39 is 18.0 Å². The summed E-state index contributed by atoms with van der Waals surface area (Å²) in [5, 5.41) is 14.0. The zero-order valence-corrected chi connectivity index (χ0v) is 12.6. The van der Waals surface area contributed by atoms with E-state index in [-0.39, 0.29) is 18.4 Å². The number of aliphatic carboxylic acids is 1. The molecule has 7 nitrogen and oxygen atoms in total. The first-order chi connectivity index (χ1) is 9.27. The average Bonchev–Trinajstić information content (AvgIpc) is 2.33. The van der Waals surface area contributed by atoms with Crippen molar-refractivity contribution in [1.82, 2.24) is 15.5 Å². The summed E-state index contributed by atoms with van der Waals surface area (Å²) in [5.41, 5.74) is 0. The highest BCUT2D eigenvalue weighted by Crippen LogP contribution is 2.00. The number of hydrogen-bond acceptors (Lipinski definition) is 3. The van der Waals surface area contributed by atoms with Gasteiger partial charge >= 0.3 is 12.0 Å². The van der Waals surface area contributed by atoms with Gasteiger partial charge in [0.15, 0.2) is 0 Å². The van der Waals surface area contributed by atoms with E-state index in [2.05, 4.69) is 10.6 Å². The highest BCUT2D eigenvalue weighted by molar-refractivity contribution is 5.87. The Bertz CT molecular complexity index is 345. The van der Waals surface area contributed by atoms with Gasteiger partial charge in [-0.15, -0.1) is 0 Å². The van der Waals surface area contributed by atoms with Crippen LogP contribution < -0.4 is 10.6 Å². The lowest BCUT2D eigenvalue weighted by Gasteiger charge is -2.25. The van der Waals surface area contributed by atoms with Gasteiger partial charge in [-0.2, -0.15) is 0 Å². The molecule has 0 aromatic heterocycles. The van der Waals surface area contributed by atoms with Crippen LogP contribution in [0.5, 0.6) is 0 Å². The van der Waals surface area contributed by atoms with Crippen LogP contribution >= 0.6 is 0 Å². The molecule has 0 aromatic carbocycles. The smallest absolute Gasteiger partial charge is 0.323 e. The topological polar surface area (TPSA) is 98.7 Å². The summed E-state index contributed by atoms with van der Waals surface area (Å²) >= 11 is 0. The number of carboxylic acids is 1. The Hall–Kier alpha value is -1.79. The minimum atomic E-state index is -1.08. The lowest BCUT2D eigenvalue weighted by Crippen LogP contribution is -2.51. The van der Waals surface area contributed by atoms with Gasteiger partial charge < -0.3 is 20.6 Å². The Kier molecular flexibility index (Phi) is 8.35. The molecule has 0 saturated heterocycles. The van der Waals surface area contributed by atoms with Gasteiger partial charge in [0.05, 0.1) is 0 Å². The standard InChI is InChI=1S/C13H25N3O4/c1-5-6-14-12(19)10(4)15-13(20)16(7-9(2)3)8-11(17)18/h9-10H,5-8H2,1-4H3,(H,14,19)(H,15,20)(H,17,18). The normalized spacial score (nSPS) is 11.8. The van der Waals surface area contributed by atoms with Crippen LogP contribution in [-0.2, 0) is 9.59 Å². The minimum Gasteiger partial charge on any atom is -0.480 e. The number of carbonyl (C=O) groups excluding carboxylic acids is 2. The second-order valence-corrected chi connectivity index (χ2v) is 5.13. The molecule has 0 bridgehead atoms. The molecule has 0 spiro atoms. The summed E-state index contributed by atoms with van der Waals surface area (Å²) in [7, 11) is 0. The predicted octanol–water partition coefficient (Wildman–Crippen LogP) is 0.653. The third-order valence-corrected chi connectivity index (χ3v) is 2.48. The molecule has 1 atom stereocenters. The van der Waals surface area contributed by atoms with Gasteiger partial charge in [0, 0.05) is 13.1 Å². The summed E-state index contributed by atoms with van der Waals surface area (Å²) in [6, 6.07) is -1.24. The first kappa shape index (κ1) is 18.2. The van der Waals surface area contributed by atoms with Crippen molar-refractivity contribution >= 4 is 17.9 Å². The molecule has 3 amide bonds. The molecule has 116 valence electrons. The van der Waals surface area contributed by atoms with Gasteiger partial charge in [-0.05, 0) is 19.3 Å². The van der Waals surface area contributed by atoms with E-state index in [0.717, 1.165) is 6.42 Å². The van der Waals surface area contributed by atoms with Crippen molar-refractivity contribution in [3.8, 4) is 0 Å². The van der Waals surface area contributed by atoms with E-state index in [4.69, 9.17) is 5.11 Å². The molecule has 7 heteroatoms. The molecule has 0 aliphatic heterocycles. The quantitative estimate of drug-likeness (QED) is 0.610. The molecular formula is C13H25N3O4. The molecule has 0 aromatic rings. The Morgan fingerprint density at radius 3 is 2.25 bits per heavy atom. The van der Waals surface area contributed by atoms with Crippen LogP contribution in [0.15, 0.2) is 0 Å². The summed E-state index contributed by atoms with van der Waals surface area (Å²) in [6.07, 6.45) is 0.810. The fourth-order valence-corrected chi connectivity index (χ4v) is 1.57. The zero-order valence-electron chi connectivity index (χ0n) is 12.6. The average molecular weight is 287 g/mol. The Morgan fingerprint density at radius 2 is 1.80 bits per heavy atom. The van der Waals surface area contributed by atoms with Crippen LogP contribution in [0.1, 0.15) is 34.1 Å². The molecular weight excluding hydrogens is 262 g/mol. The number of nitrogens with one attached hydrogen (secondary N) is 2. The number of carboxylic acid groups (broad SMARTS) is 1. The fraction of sp³-hybridized carbons (Fsp3) is 0.769. The zero-order chi connectivity index (χ0) is 15.7. The highest BCUT2D eigenvalue weighted by atomic mass is 16.4. The molecule has 0 aliphatic carbocycles. The van der Waals surface area contributed by atoms with Gasteiger partial charge in [0.25, 0.3) is 0 Å². The molecule has 0 radical (unpaired) electrons. The van der Waals surface area contributed by atoms with Crippen molar-refractivity contribution in [2.45, 2.75) is 40.2 Å². The van der Waals surface area contributed by atoms with E-state index in [1.54, 1.807) is 6.92 Å². The fourth-order valence-electron chi connectivity index (χ4n) is 1.57. The second-order valence-electron chi connectivity index (χ2n) is 5.13. The number of amides is 3. The summed E-state index contributed by atoms with van der Waals surface area (Å²) in [4.78, 5) is 35.6. The van der Waals surface area contributed by atoms with E-state index in [1.807, 2.05) is 20.8 Å². The summed E-state index contributed by atoms with van der Waals surface area (Å²) in [5.74, 6) is -1.21. The number of hydrogen-bond donors (Lipinski definition) is 3. The Labute approximate surface area is 119 Å². The van der Waals surface area contributed by atoms with Crippen LogP contribution in [0.25, 0.3) is 0 Å². The molecule has 0 rings (SSSR count). The minimum absolute atomic E-state index is 0.143. The SMILES string of the molecule is CCCNC(=O)C(C)NC(=O)N(CC(=O)O)CC(C)C. The molecule has 3 N–H and O–H groups in total. The van der Waals surface area contributed by atoms with Crippen LogP contribution in [0.3, 0.4) is 0 Å². The van der Waals surface area contributed by atoms with Crippen LogP contribution in [0.4, 0.5) is 4.79 Å². The maximum atomic E-state index is 12.0. The van der Waals surface area contributed by atoms with Crippen molar-refractivity contribution in [3.05, 3.63) is 0 Å². The summed E-state index contributed by atoms with van der Waals surface area (Å²) in [6.45, 7) is 7.76. The van der Waals surface area contributed by atoms with Crippen LogP contribution in [0.2, 0.25) is 0 Å². The third kappa shape index (κ3) is 7.60. The Morgan fingerprint density at radius 1 is 1.20 bits per heavy atom. The van der Waals surface area contributed by atoms with Crippen molar-refractivity contribution in [3.63, 3.8) is 0 Å². The molecule has 0 aliphatic rings. The molecule has 20 heavy (non-hydrogen) atoms. The van der Waals surface area contributed by atoms with Crippen molar-refractivity contribution in [1.29, 1.82) is 0 Å². The first-order valence-electron chi connectivity index (χ1n) is 6.82. The highest BCUT2D eigenvalue weighted by Gasteiger charge is 2.21. The predicted molar refractivity (Wildman–Crippen MR) is 75.3 cm³/mol. The molecule has 1 unspecified atom stereocenters. The van der Waals surface area contributed by atoms with Crippen molar-refractivity contribution in [2.75, 3.05) is 19.6 Å². The summed E-state index contributed by atoms with van der Waals surface area (Å²) < 4.78 is 0. The number of carbonyl (C=O) groups is 3. The van der Waals surface area contributed by atoms with Gasteiger partial charge in [-0.3, -0.25) is 9.59 Å². The van der Waals surface area contributed by atoms with E-state index in [1.165, 1.54) is 4.90 Å². The van der Waals surface area contributed by atoms with Gasteiger partial charge in [-0.25, -0.2) is 4.79 Å². The van der Waals surface area contributed by atoms with E-state index in [9.17, 15) is 14.4 Å².